The van der Waals surface area contributed by atoms with E-state index in [-0.39, 0.29) is 16.6 Å². The molecule has 1 unspecified atom stereocenters. The van der Waals surface area contributed by atoms with Gasteiger partial charge in [0.15, 0.2) is 8.32 Å². The Kier molecular flexibility index (Phi) is 5.69. The summed E-state index contributed by atoms with van der Waals surface area (Å²) in [6.07, 6.45) is 8.09. The molecule has 0 heterocycles. The number of hydrogen-bond acceptors (Lipinski definition) is 1. The Morgan fingerprint density at radius 2 is 1.78 bits per heavy atom. The second kappa shape index (κ2) is 5.93. The van der Waals surface area contributed by atoms with E-state index in [2.05, 4.69) is 65.9 Å². The molecule has 0 aromatic rings. The Morgan fingerprint density at radius 1 is 1.28 bits per heavy atom. The van der Waals surface area contributed by atoms with Crippen molar-refractivity contribution >= 4 is 8.32 Å². The van der Waals surface area contributed by atoms with Gasteiger partial charge in [-0.2, -0.15) is 0 Å². The van der Waals surface area contributed by atoms with Gasteiger partial charge in [0.1, 0.15) is 0 Å². The molecule has 0 rings (SSSR count). The van der Waals surface area contributed by atoms with Crippen LogP contribution in [-0.4, -0.2) is 14.4 Å². The zero-order valence-corrected chi connectivity index (χ0v) is 14.1. The van der Waals surface area contributed by atoms with Gasteiger partial charge in [-0.25, -0.2) is 0 Å². The van der Waals surface area contributed by atoms with Crippen LogP contribution in [0.15, 0.2) is 18.4 Å². The molecule has 0 amide bonds. The minimum absolute atomic E-state index is 0.0256. The van der Waals surface area contributed by atoms with E-state index < -0.39 is 8.32 Å². The average molecular weight is 264 g/mol. The first-order valence-electron chi connectivity index (χ1n) is 6.46. The highest BCUT2D eigenvalue weighted by Gasteiger charge is 2.41. The Bertz CT molecular complexity index is 360. The lowest BCUT2D eigenvalue weighted by atomic mass is 9.85. The molecule has 2 heteroatoms. The molecule has 0 aromatic carbocycles. The number of hydrogen-bond donors (Lipinski definition) is 0. The quantitative estimate of drug-likeness (QED) is 0.395. The van der Waals surface area contributed by atoms with E-state index in [9.17, 15) is 0 Å². The highest BCUT2D eigenvalue weighted by molar-refractivity contribution is 6.74. The summed E-state index contributed by atoms with van der Waals surface area (Å²) < 4.78 is 6.46. The van der Waals surface area contributed by atoms with Gasteiger partial charge < -0.3 is 4.43 Å². The fourth-order valence-corrected chi connectivity index (χ4v) is 2.90. The van der Waals surface area contributed by atoms with E-state index in [1.165, 1.54) is 0 Å². The van der Waals surface area contributed by atoms with Crippen LogP contribution in [0, 0.1) is 17.8 Å². The van der Waals surface area contributed by atoms with Gasteiger partial charge in [-0.3, -0.25) is 0 Å². The van der Waals surface area contributed by atoms with Crippen molar-refractivity contribution in [1.29, 1.82) is 0 Å². The molecule has 102 valence electrons. The number of terminal acetylenes is 1. The molecule has 0 bridgehead atoms. The molecule has 0 aliphatic carbocycles. The first kappa shape index (κ1) is 17.3. The standard InChI is InChI=1S/C16H28OSi/c1-10-12-14(16(6,7)13-11-2)17-18(8,9)15(3,4)5/h1,13-14H,2,12H2,3-9H3. The zero-order chi connectivity index (χ0) is 14.6. The lowest BCUT2D eigenvalue weighted by molar-refractivity contribution is 0.0962. The molecule has 0 saturated heterocycles. The van der Waals surface area contributed by atoms with Gasteiger partial charge >= 0.3 is 0 Å². The molecule has 0 aromatic heterocycles. The molecule has 1 nitrogen and oxygen atoms in total. The Morgan fingerprint density at radius 3 is 2.11 bits per heavy atom. The number of rotatable bonds is 5. The summed E-state index contributed by atoms with van der Waals surface area (Å²) in [4.78, 5) is 0. The van der Waals surface area contributed by atoms with Gasteiger partial charge in [-0.1, -0.05) is 41.2 Å². The lowest BCUT2D eigenvalue weighted by Crippen LogP contribution is -2.47. The van der Waals surface area contributed by atoms with Crippen LogP contribution in [0.4, 0.5) is 0 Å². The van der Waals surface area contributed by atoms with Crippen molar-refractivity contribution in [3.63, 3.8) is 0 Å². The third kappa shape index (κ3) is 4.50. The SMILES string of the molecule is C#CCC(O[Si](C)(C)C(C)(C)C)C(C)(C)C=C=C. The molecule has 18 heavy (non-hydrogen) atoms. The fourth-order valence-electron chi connectivity index (χ4n) is 1.45. The first-order valence-corrected chi connectivity index (χ1v) is 9.37. The molecule has 0 aliphatic heterocycles. The van der Waals surface area contributed by atoms with Gasteiger partial charge in [-0.15, -0.1) is 18.1 Å². The maximum absolute atomic E-state index is 6.46. The molecular weight excluding hydrogens is 236 g/mol. The maximum atomic E-state index is 6.46. The second-order valence-electron chi connectivity index (χ2n) is 6.94. The van der Waals surface area contributed by atoms with Gasteiger partial charge in [0.25, 0.3) is 0 Å². The van der Waals surface area contributed by atoms with Crippen LogP contribution < -0.4 is 0 Å². The summed E-state index contributed by atoms with van der Waals surface area (Å²) >= 11 is 0. The summed E-state index contributed by atoms with van der Waals surface area (Å²) in [6.45, 7) is 19.1. The Labute approximate surface area is 114 Å². The van der Waals surface area contributed by atoms with Crippen molar-refractivity contribution in [2.24, 2.45) is 5.41 Å². The fraction of sp³-hybridized carbons (Fsp3) is 0.688. The molecule has 0 aliphatic rings. The summed E-state index contributed by atoms with van der Waals surface area (Å²) in [5.41, 5.74) is 2.73. The molecule has 0 N–H and O–H groups in total. The minimum atomic E-state index is -1.81. The van der Waals surface area contributed by atoms with Gasteiger partial charge in [0.2, 0.25) is 0 Å². The molecule has 0 saturated carbocycles. The highest BCUT2D eigenvalue weighted by atomic mass is 28.4. The van der Waals surface area contributed by atoms with Crippen molar-refractivity contribution in [2.75, 3.05) is 0 Å². The van der Waals surface area contributed by atoms with Crippen molar-refractivity contribution in [2.45, 2.75) is 65.3 Å². The highest BCUT2D eigenvalue weighted by Crippen LogP contribution is 2.40. The van der Waals surface area contributed by atoms with Crippen LogP contribution >= 0.6 is 0 Å². The molecule has 0 spiro atoms. The van der Waals surface area contributed by atoms with E-state index in [0.29, 0.717) is 6.42 Å². The van der Waals surface area contributed by atoms with Crippen molar-refractivity contribution in [1.82, 2.24) is 0 Å². The van der Waals surface area contributed by atoms with E-state index in [0.717, 1.165) is 0 Å². The van der Waals surface area contributed by atoms with Crippen LogP contribution in [-0.2, 0) is 4.43 Å². The molecule has 1 atom stereocenters. The van der Waals surface area contributed by atoms with E-state index >= 15 is 0 Å². The van der Waals surface area contributed by atoms with E-state index in [1.807, 2.05) is 6.08 Å². The van der Waals surface area contributed by atoms with Gasteiger partial charge in [-0.05, 0) is 24.2 Å². The predicted molar refractivity (Wildman–Crippen MR) is 83.0 cm³/mol. The zero-order valence-electron chi connectivity index (χ0n) is 13.1. The van der Waals surface area contributed by atoms with E-state index in [1.54, 1.807) is 0 Å². The topological polar surface area (TPSA) is 9.23 Å². The lowest BCUT2D eigenvalue weighted by Gasteiger charge is -2.42. The predicted octanol–water partition coefficient (Wildman–Crippen LogP) is 4.77. The summed E-state index contributed by atoms with van der Waals surface area (Å²) in [5.74, 6) is 2.74. The monoisotopic (exact) mass is 264 g/mol. The van der Waals surface area contributed by atoms with Crippen LogP contribution in [0.2, 0.25) is 18.1 Å². The third-order valence-corrected chi connectivity index (χ3v) is 8.34. The first-order chi connectivity index (χ1) is 7.98. The van der Waals surface area contributed by atoms with E-state index in [4.69, 9.17) is 10.8 Å². The molecular formula is C16H28OSi. The maximum Gasteiger partial charge on any atom is 0.192 e. The van der Waals surface area contributed by atoms with Gasteiger partial charge in [0, 0.05) is 11.8 Å². The second-order valence-corrected chi connectivity index (χ2v) is 11.7. The average Bonchev–Trinajstić information content (AvgIpc) is 2.14. The summed E-state index contributed by atoms with van der Waals surface area (Å²) in [6, 6.07) is 0. The summed E-state index contributed by atoms with van der Waals surface area (Å²) in [5, 5.41) is 0.188. The van der Waals surface area contributed by atoms with Crippen LogP contribution in [0.1, 0.15) is 41.0 Å². The minimum Gasteiger partial charge on any atom is -0.412 e. The molecule has 0 radical (unpaired) electrons. The third-order valence-electron chi connectivity index (χ3n) is 3.85. The van der Waals surface area contributed by atoms with Crippen molar-refractivity contribution < 1.29 is 4.43 Å². The largest absolute Gasteiger partial charge is 0.412 e. The summed E-state index contributed by atoms with van der Waals surface area (Å²) in [7, 11) is -1.81. The molecule has 0 fully saturated rings. The van der Waals surface area contributed by atoms with Crippen molar-refractivity contribution in [3.8, 4) is 12.3 Å². The Balaban J connectivity index is 5.19. The van der Waals surface area contributed by atoms with Gasteiger partial charge in [0.05, 0.1) is 6.10 Å². The van der Waals surface area contributed by atoms with Crippen LogP contribution in [0.5, 0.6) is 0 Å². The Hall–Kier alpha value is -0.743. The smallest absolute Gasteiger partial charge is 0.192 e. The van der Waals surface area contributed by atoms with Crippen molar-refractivity contribution in [3.05, 3.63) is 18.4 Å². The van der Waals surface area contributed by atoms with Crippen LogP contribution in [0.25, 0.3) is 0 Å². The van der Waals surface area contributed by atoms with Crippen LogP contribution in [0.3, 0.4) is 0 Å². The normalized spacial score (nSPS) is 14.6.